The number of halogens is 3. The molecule has 0 aliphatic heterocycles. The van der Waals surface area contributed by atoms with E-state index in [1.807, 2.05) is 0 Å². The molecule has 184 valence electrons. The lowest BCUT2D eigenvalue weighted by atomic mass is 10.0. The topological polar surface area (TPSA) is 92.4 Å². The second-order valence-electron chi connectivity index (χ2n) is 8.15. The number of nitrogens with one attached hydrogen (secondary N) is 1. The normalized spacial score (nSPS) is 11.4. The van der Waals surface area contributed by atoms with Crippen LogP contribution in [0.3, 0.4) is 0 Å². The van der Waals surface area contributed by atoms with Crippen LogP contribution in [0.1, 0.15) is 26.5 Å². The summed E-state index contributed by atoms with van der Waals surface area (Å²) in [7, 11) is 0. The van der Waals surface area contributed by atoms with E-state index in [0.29, 0.717) is 27.8 Å². The average molecular weight is 502 g/mol. The van der Waals surface area contributed by atoms with Gasteiger partial charge in [0.1, 0.15) is 5.76 Å². The van der Waals surface area contributed by atoms with Gasteiger partial charge in [-0.15, -0.1) is 0 Å². The molecule has 0 spiro atoms. The van der Waals surface area contributed by atoms with Crippen LogP contribution in [0, 0.1) is 0 Å². The van der Waals surface area contributed by atoms with Gasteiger partial charge in [-0.05, 0) is 48.5 Å². The number of aromatic carboxylic acids is 1. The molecule has 0 unspecified atom stereocenters. The van der Waals surface area contributed by atoms with Gasteiger partial charge in [0.15, 0.2) is 5.76 Å². The number of fused-ring (bicyclic) bond motifs is 1. The van der Waals surface area contributed by atoms with Crippen LogP contribution in [0.5, 0.6) is 0 Å². The molecule has 0 saturated heterocycles. The second kappa shape index (κ2) is 9.27. The Morgan fingerprint density at radius 3 is 2.32 bits per heavy atom. The molecule has 5 rings (SSSR count). The standard InChI is InChI=1S/C28H17F3N2O4/c29-28(30,31)18-5-3-4-17(14-18)24-12-13-25(37-24)26(34)32-19-10-8-16(9-11-19)23-15-21(27(35)36)20-6-1-2-7-22(20)33-23/h1-15H,(H,32,34)(H,35,36). The first kappa shape index (κ1) is 23.8. The van der Waals surface area contributed by atoms with E-state index in [2.05, 4.69) is 10.3 Å². The highest BCUT2D eigenvalue weighted by Crippen LogP contribution is 2.33. The summed E-state index contributed by atoms with van der Waals surface area (Å²) in [6.07, 6.45) is -4.49. The molecule has 5 aromatic rings. The first-order valence-corrected chi connectivity index (χ1v) is 11.0. The minimum Gasteiger partial charge on any atom is -0.478 e. The molecule has 0 bridgehead atoms. The fraction of sp³-hybridized carbons (Fsp3) is 0.0357. The van der Waals surface area contributed by atoms with Gasteiger partial charge >= 0.3 is 12.1 Å². The van der Waals surface area contributed by atoms with Crippen molar-refractivity contribution in [2.24, 2.45) is 0 Å². The van der Waals surface area contributed by atoms with Crippen LogP contribution in [0.4, 0.5) is 18.9 Å². The molecule has 0 radical (unpaired) electrons. The van der Waals surface area contributed by atoms with Gasteiger partial charge in [0.25, 0.3) is 5.91 Å². The Hall–Kier alpha value is -4.92. The molecule has 2 heterocycles. The molecule has 0 aliphatic carbocycles. The number of carboxylic acids is 1. The van der Waals surface area contributed by atoms with Crippen LogP contribution in [0.25, 0.3) is 33.5 Å². The lowest BCUT2D eigenvalue weighted by Gasteiger charge is -2.09. The predicted octanol–water partition coefficient (Wildman–Crippen LogP) is 7.13. The first-order chi connectivity index (χ1) is 17.7. The summed E-state index contributed by atoms with van der Waals surface area (Å²) < 4.78 is 44.5. The maximum atomic E-state index is 13.0. The number of nitrogens with zero attached hydrogens (tertiary/aromatic N) is 1. The Morgan fingerprint density at radius 1 is 0.838 bits per heavy atom. The van der Waals surface area contributed by atoms with E-state index in [9.17, 15) is 27.9 Å². The summed E-state index contributed by atoms with van der Waals surface area (Å²) in [5.41, 5.74) is 1.61. The molecule has 6 nitrogen and oxygen atoms in total. The number of pyridine rings is 1. The molecule has 0 fully saturated rings. The Bertz CT molecular complexity index is 1640. The highest BCUT2D eigenvalue weighted by atomic mass is 19.4. The monoisotopic (exact) mass is 502 g/mol. The van der Waals surface area contributed by atoms with Crippen LogP contribution in [-0.2, 0) is 6.18 Å². The van der Waals surface area contributed by atoms with Crippen molar-refractivity contribution in [2.45, 2.75) is 6.18 Å². The number of carbonyl (C=O) groups is 2. The van der Waals surface area contributed by atoms with E-state index < -0.39 is 23.6 Å². The highest BCUT2D eigenvalue weighted by molar-refractivity contribution is 6.04. The Morgan fingerprint density at radius 2 is 1.59 bits per heavy atom. The first-order valence-electron chi connectivity index (χ1n) is 11.0. The minimum atomic E-state index is -4.49. The zero-order valence-corrected chi connectivity index (χ0v) is 18.9. The van der Waals surface area contributed by atoms with E-state index >= 15 is 0 Å². The van der Waals surface area contributed by atoms with Crippen LogP contribution in [0.2, 0.25) is 0 Å². The number of carbonyl (C=O) groups excluding carboxylic acids is 1. The number of rotatable bonds is 5. The van der Waals surface area contributed by atoms with Crippen molar-refractivity contribution in [2.75, 3.05) is 5.32 Å². The number of para-hydroxylation sites is 1. The Balaban J connectivity index is 1.34. The third-order valence-electron chi connectivity index (χ3n) is 5.69. The maximum absolute atomic E-state index is 13.0. The van der Waals surface area contributed by atoms with Gasteiger partial charge in [-0.25, -0.2) is 9.78 Å². The second-order valence-corrected chi connectivity index (χ2v) is 8.15. The van der Waals surface area contributed by atoms with Crippen LogP contribution in [-0.4, -0.2) is 22.0 Å². The maximum Gasteiger partial charge on any atom is 0.416 e. The summed E-state index contributed by atoms with van der Waals surface area (Å²) in [4.78, 5) is 28.9. The summed E-state index contributed by atoms with van der Waals surface area (Å²) in [5.74, 6) is -1.59. The van der Waals surface area contributed by atoms with Crippen LogP contribution in [0.15, 0.2) is 95.4 Å². The highest BCUT2D eigenvalue weighted by Gasteiger charge is 2.30. The molecule has 0 atom stereocenters. The summed E-state index contributed by atoms with van der Waals surface area (Å²) in [6, 6.07) is 22.5. The fourth-order valence-corrected chi connectivity index (χ4v) is 3.88. The number of aromatic nitrogens is 1. The molecule has 1 amide bonds. The molecule has 0 aliphatic rings. The van der Waals surface area contributed by atoms with E-state index in [4.69, 9.17) is 4.42 Å². The number of alkyl halides is 3. The number of hydrogen-bond donors (Lipinski definition) is 2. The van der Waals surface area contributed by atoms with Crippen molar-refractivity contribution in [3.8, 4) is 22.6 Å². The Kier molecular flexibility index (Phi) is 5.96. The van der Waals surface area contributed by atoms with Crippen LogP contribution < -0.4 is 5.32 Å². The van der Waals surface area contributed by atoms with Gasteiger partial charge in [-0.3, -0.25) is 4.79 Å². The third-order valence-corrected chi connectivity index (χ3v) is 5.69. The van der Waals surface area contributed by atoms with Gasteiger partial charge in [0.05, 0.1) is 22.3 Å². The fourth-order valence-electron chi connectivity index (χ4n) is 3.88. The van der Waals surface area contributed by atoms with Gasteiger partial charge in [0, 0.05) is 22.2 Å². The molecule has 2 aromatic heterocycles. The molecule has 37 heavy (non-hydrogen) atoms. The zero-order valence-electron chi connectivity index (χ0n) is 18.9. The third kappa shape index (κ3) is 4.92. The zero-order chi connectivity index (χ0) is 26.2. The number of furan rings is 1. The largest absolute Gasteiger partial charge is 0.478 e. The quantitative estimate of drug-likeness (QED) is 0.267. The lowest BCUT2D eigenvalue weighted by molar-refractivity contribution is -0.137. The van der Waals surface area contributed by atoms with Gasteiger partial charge in [0.2, 0.25) is 0 Å². The molecule has 3 aromatic carbocycles. The van der Waals surface area contributed by atoms with Crippen molar-refractivity contribution in [3.63, 3.8) is 0 Å². The van der Waals surface area contributed by atoms with E-state index in [1.165, 1.54) is 30.3 Å². The Labute approximate surface area is 208 Å². The minimum absolute atomic E-state index is 0.0706. The number of carboxylic acid groups (broad SMARTS) is 1. The van der Waals surface area contributed by atoms with E-state index in [-0.39, 0.29) is 22.6 Å². The number of hydrogen-bond acceptors (Lipinski definition) is 4. The van der Waals surface area contributed by atoms with Crippen molar-refractivity contribution in [1.29, 1.82) is 0 Å². The predicted molar refractivity (Wildman–Crippen MR) is 131 cm³/mol. The average Bonchev–Trinajstić information content (AvgIpc) is 3.39. The summed E-state index contributed by atoms with van der Waals surface area (Å²) >= 11 is 0. The van der Waals surface area contributed by atoms with Gasteiger partial charge in [-0.1, -0.05) is 42.5 Å². The molecule has 9 heteroatoms. The number of anilines is 1. The lowest BCUT2D eigenvalue weighted by Crippen LogP contribution is -2.10. The van der Waals surface area contributed by atoms with Crippen molar-refractivity contribution < 1.29 is 32.3 Å². The van der Waals surface area contributed by atoms with Crippen molar-refractivity contribution >= 4 is 28.5 Å². The molecular weight excluding hydrogens is 485 g/mol. The van der Waals surface area contributed by atoms with E-state index in [1.54, 1.807) is 48.5 Å². The molecule has 2 N–H and O–H groups in total. The summed E-state index contributed by atoms with van der Waals surface area (Å²) in [5, 5.41) is 12.8. The van der Waals surface area contributed by atoms with E-state index in [0.717, 1.165) is 12.1 Å². The number of benzene rings is 3. The summed E-state index contributed by atoms with van der Waals surface area (Å²) in [6.45, 7) is 0. The van der Waals surface area contributed by atoms with Gasteiger partial charge in [-0.2, -0.15) is 13.2 Å². The molecule has 0 saturated carbocycles. The number of amides is 1. The van der Waals surface area contributed by atoms with Gasteiger partial charge < -0.3 is 14.8 Å². The SMILES string of the molecule is O=C(Nc1ccc(-c2cc(C(=O)O)c3ccccc3n2)cc1)c1ccc(-c2cccc(C(F)(F)F)c2)o1. The van der Waals surface area contributed by atoms with Crippen molar-refractivity contribution in [1.82, 2.24) is 4.98 Å². The van der Waals surface area contributed by atoms with Crippen LogP contribution >= 0.6 is 0 Å². The van der Waals surface area contributed by atoms with Crippen molar-refractivity contribution in [3.05, 3.63) is 108 Å². The molecular formula is C28H17F3N2O4. The smallest absolute Gasteiger partial charge is 0.416 e.